The van der Waals surface area contributed by atoms with E-state index in [4.69, 9.17) is 17.3 Å². The molecule has 0 amide bonds. The number of halogens is 1. The van der Waals surface area contributed by atoms with Crippen LogP contribution >= 0.6 is 11.6 Å². The summed E-state index contributed by atoms with van der Waals surface area (Å²) in [6, 6.07) is 9.89. The third-order valence-electron chi connectivity index (χ3n) is 4.63. The largest absolute Gasteiger partial charge is 0.383 e. The molecule has 2 N–H and O–H groups in total. The minimum absolute atomic E-state index is 0.258. The lowest BCUT2D eigenvalue weighted by Gasteiger charge is -2.06. The molecule has 0 aliphatic heterocycles. The van der Waals surface area contributed by atoms with E-state index in [0.29, 0.717) is 39.7 Å². The summed E-state index contributed by atoms with van der Waals surface area (Å²) in [6.45, 7) is 4.58. The van der Waals surface area contributed by atoms with Crippen molar-refractivity contribution in [2.75, 3.05) is 5.73 Å². The van der Waals surface area contributed by atoms with E-state index in [1.54, 1.807) is 18.3 Å². The maximum Gasteiger partial charge on any atom is 0.147 e. The molecular weight excluding hydrogens is 374 g/mol. The zero-order valence-electron chi connectivity index (χ0n) is 15.5. The van der Waals surface area contributed by atoms with Crippen LogP contribution in [0.5, 0.6) is 0 Å². The molecule has 4 aromatic rings. The summed E-state index contributed by atoms with van der Waals surface area (Å²) < 4.78 is 3.75. The SMILES string of the molecule is CC(C)n1cc(Cn2c(C#N)c(-c3ccc(Cl)cc3)c3c(N)ncnc32)cn1. The van der Waals surface area contributed by atoms with Gasteiger partial charge < -0.3 is 10.3 Å². The van der Waals surface area contributed by atoms with Crippen LogP contribution in [0.15, 0.2) is 43.0 Å². The summed E-state index contributed by atoms with van der Waals surface area (Å²) in [5.41, 5.74) is 9.80. The van der Waals surface area contributed by atoms with Gasteiger partial charge in [-0.3, -0.25) is 4.68 Å². The van der Waals surface area contributed by atoms with E-state index in [1.165, 1.54) is 6.33 Å². The van der Waals surface area contributed by atoms with Crippen LogP contribution in [0.3, 0.4) is 0 Å². The van der Waals surface area contributed by atoms with Gasteiger partial charge in [-0.25, -0.2) is 9.97 Å². The third kappa shape index (κ3) is 2.98. The summed E-state index contributed by atoms with van der Waals surface area (Å²) in [5.74, 6) is 0.336. The predicted molar refractivity (Wildman–Crippen MR) is 109 cm³/mol. The maximum atomic E-state index is 9.97. The Morgan fingerprint density at radius 1 is 1.21 bits per heavy atom. The van der Waals surface area contributed by atoms with Crippen LogP contribution in [0, 0.1) is 11.3 Å². The van der Waals surface area contributed by atoms with Gasteiger partial charge in [-0.2, -0.15) is 10.4 Å². The van der Waals surface area contributed by atoms with Crippen LogP contribution in [0.2, 0.25) is 5.02 Å². The number of hydrogen-bond donors (Lipinski definition) is 1. The third-order valence-corrected chi connectivity index (χ3v) is 4.88. The molecule has 0 aliphatic carbocycles. The van der Waals surface area contributed by atoms with E-state index in [9.17, 15) is 5.26 Å². The van der Waals surface area contributed by atoms with Gasteiger partial charge in [-0.1, -0.05) is 23.7 Å². The molecule has 0 radical (unpaired) electrons. The minimum Gasteiger partial charge on any atom is -0.383 e. The van der Waals surface area contributed by atoms with Crippen molar-refractivity contribution in [2.24, 2.45) is 0 Å². The number of nitrogens with zero attached hydrogens (tertiary/aromatic N) is 6. The highest BCUT2D eigenvalue weighted by Gasteiger charge is 2.22. The standard InChI is InChI=1S/C20H18ClN7/c1-12(2)28-10-13(8-26-28)9-27-16(7-22)17(14-3-5-15(21)6-4-14)18-19(23)24-11-25-20(18)27/h3-6,8,10-12H,9H2,1-2H3,(H2,23,24,25). The molecule has 28 heavy (non-hydrogen) atoms. The van der Waals surface area contributed by atoms with Gasteiger partial charge in [-0.05, 0) is 31.5 Å². The van der Waals surface area contributed by atoms with Crippen molar-refractivity contribution in [1.29, 1.82) is 5.26 Å². The van der Waals surface area contributed by atoms with Gasteiger partial charge >= 0.3 is 0 Å². The highest BCUT2D eigenvalue weighted by molar-refractivity contribution is 6.30. The van der Waals surface area contributed by atoms with Crippen LogP contribution in [0.4, 0.5) is 5.82 Å². The Balaban J connectivity index is 1.95. The number of nitrogens with two attached hydrogens (primary N) is 1. The number of aromatic nitrogens is 5. The van der Waals surface area contributed by atoms with Gasteiger partial charge in [0.15, 0.2) is 0 Å². The molecule has 0 atom stereocenters. The highest BCUT2D eigenvalue weighted by atomic mass is 35.5. The number of hydrogen-bond acceptors (Lipinski definition) is 5. The number of nitrogen functional groups attached to an aromatic ring is 1. The lowest BCUT2D eigenvalue weighted by molar-refractivity contribution is 0.532. The smallest absolute Gasteiger partial charge is 0.147 e. The Bertz CT molecular complexity index is 1200. The fourth-order valence-corrected chi connectivity index (χ4v) is 3.41. The van der Waals surface area contributed by atoms with E-state index >= 15 is 0 Å². The van der Waals surface area contributed by atoms with E-state index < -0.39 is 0 Å². The summed E-state index contributed by atoms with van der Waals surface area (Å²) >= 11 is 6.03. The summed E-state index contributed by atoms with van der Waals surface area (Å²) in [5, 5.41) is 15.6. The van der Waals surface area contributed by atoms with Gasteiger partial charge in [0.1, 0.15) is 29.6 Å². The van der Waals surface area contributed by atoms with Crippen molar-refractivity contribution in [2.45, 2.75) is 26.4 Å². The lowest BCUT2D eigenvalue weighted by Crippen LogP contribution is -2.04. The highest BCUT2D eigenvalue weighted by Crippen LogP contribution is 2.37. The van der Waals surface area contributed by atoms with Crippen LogP contribution in [0.1, 0.15) is 31.1 Å². The van der Waals surface area contributed by atoms with Crippen LogP contribution < -0.4 is 5.73 Å². The second-order valence-corrected chi connectivity index (χ2v) is 7.24. The van der Waals surface area contributed by atoms with E-state index in [1.807, 2.05) is 27.6 Å². The Hall–Kier alpha value is -3.37. The van der Waals surface area contributed by atoms with Gasteiger partial charge in [0.05, 0.1) is 18.1 Å². The van der Waals surface area contributed by atoms with E-state index in [2.05, 4.69) is 35.0 Å². The molecule has 0 saturated heterocycles. The number of anilines is 1. The quantitative estimate of drug-likeness (QED) is 0.566. The van der Waals surface area contributed by atoms with Gasteiger partial charge in [0, 0.05) is 28.4 Å². The topological polar surface area (TPSA) is 98.3 Å². The van der Waals surface area contributed by atoms with E-state index in [-0.39, 0.29) is 6.04 Å². The molecule has 0 aliphatic rings. The monoisotopic (exact) mass is 391 g/mol. The van der Waals surface area contributed by atoms with Crippen molar-refractivity contribution in [1.82, 2.24) is 24.3 Å². The van der Waals surface area contributed by atoms with Gasteiger partial charge in [0.2, 0.25) is 0 Å². The molecule has 0 unspecified atom stereocenters. The number of nitriles is 1. The number of rotatable bonds is 4. The Kier molecular flexibility index (Phi) is 4.49. The first-order chi connectivity index (χ1) is 13.5. The zero-order chi connectivity index (χ0) is 19.8. The molecule has 0 saturated carbocycles. The van der Waals surface area contributed by atoms with Crippen LogP contribution in [0.25, 0.3) is 22.2 Å². The first-order valence-electron chi connectivity index (χ1n) is 8.81. The molecule has 3 heterocycles. The normalized spacial score (nSPS) is 11.2. The molecule has 0 fully saturated rings. The molecule has 3 aromatic heterocycles. The molecule has 4 rings (SSSR count). The molecule has 7 nitrogen and oxygen atoms in total. The molecule has 0 bridgehead atoms. The summed E-state index contributed by atoms with van der Waals surface area (Å²) in [7, 11) is 0. The van der Waals surface area contributed by atoms with Gasteiger partial charge in [0.25, 0.3) is 0 Å². The molecule has 140 valence electrons. The lowest BCUT2D eigenvalue weighted by atomic mass is 10.0. The fraction of sp³-hybridized carbons (Fsp3) is 0.200. The first kappa shape index (κ1) is 18.0. The fourth-order valence-electron chi connectivity index (χ4n) is 3.29. The molecule has 8 heteroatoms. The second-order valence-electron chi connectivity index (χ2n) is 6.81. The van der Waals surface area contributed by atoms with E-state index in [0.717, 1.165) is 11.1 Å². The minimum atomic E-state index is 0.258. The summed E-state index contributed by atoms with van der Waals surface area (Å²) in [6.07, 6.45) is 5.20. The summed E-state index contributed by atoms with van der Waals surface area (Å²) in [4.78, 5) is 8.56. The average Bonchev–Trinajstić information content (AvgIpc) is 3.27. The maximum absolute atomic E-state index is 9.97. The second kappa shape index (κ2) is 6.98. The Morgan fingerprint density at radius 2 is 1.96 bits per heavy atom. The van der Waals surface area contributed by atoms with Crippen molar-refractivity contribution in [3.63, 3.8) is 0 Å². The zero-order valence-corrected chi connectivity index (χ0v) is 16.2. The van der Waals surface area contributed by atoms with Crippen molar-refractivity contribution in [3.8, 4) is 17.2 Å². The molecule has 1 aromatic carbocycles. The van der Waals surface area contributed by atoms with Gasteiger partial charge in [-0.15, -0.1) is 0 Å². The Morgan fingerprint density at radius 3 is 2.61 bits per heavy atom. The van der Waals surface area contributed by atoms with Crippen molar-refractivity contribution in [3.05, 3.63) is 59.3 Å². The van der Waals surface area contributed by atoms with Crippen LogP contribution in [-0.4, -0.2) is 24.3 Å². The first-order valence-corrected chi connectivity index (χ1v) is 9.19. The van der Waals surface area contributed by atoms with Crippen molar-refractivity contribution < 1.29 is 0 Å². The van der Waals surface area contributed by atoms with Crippen LogP contribution in [-0.2, 0) is 6.54 Å². The average molecular weight is 392 g/mol. The predicted octanol–water partition coefficient (Wildman–Crippen LogP) is 4.03. The number of benzene rings is 1. The van der Waals surface area contributed by atoms with Crippen molar-refractivity contribution >= 4 is 28.5 Å². The molecule has 0 spiro atoms. The Labute approximate surface area is 167 Å². The molecular formula is C20H18ClN7. The number of fused-ring (bicyclic) bond motifs is 1.